The molecular weight excluding hydrogens is 268 g/mol. The number of para-hydroxylation sites is 2. The smallest absolute Gasteiger partial charge is 0.272 e. The number of nitrogens with zero attached hydrogens (tertiary/aromatic N) is 1. The van der Waals surface area contributed by atoms with Crippen LogP contribution in [0, 0.1) is 0 Å². The monoisotopic (exact) mass is 286 g/mol. The number of nitrogens with one attached hydrogen (secondary N) is 2. The minimum absolute atomic E-state index is 0.201. The van der Waals surface area contributed by atoms with Crippen LogP contribution in [0.5, 0.6) is 0 Å². The molecule has 2 aromatic rings. The zero-order valence-electron chi connectivity index (χ0n) is 11.6. The number of nitrogens with two attached hydrogens (primary N) is 1. The molecule has 3 rings (SSSR count). The lowest BCUT2D eigenvalue weighted by Gasteiger charge is -2.30. The summed E-state index contributed by atoms with van der Waals surface area (Å²) in [6.07, 6.45) is 1.60. The highest BCUT2D eigenvalue weighted by molar-refractivity contribution is 6.05. The molecule has 21 heavy (non-hydrogen) atoms. The summed E-state index contributed by atoms with van der Waals surface area (Å²) in [6.45, 7) is 3.05. The molecule has 1 saturated heterocycles. The molecule has 6 heteroatoms. The van der Waals surface area contributed by atoms with Crippen molar-refractivity contribution in [1.82, 2.24) is 4.98 Å². The second-order valence-corrected chi connectivity index (χ2v) is 4.92. The van der Waals surface area contributed by atoms with Crippen molar-refractivity contribution in [2.75, 3.05) is 42.3 Å². The van der Waals surface area contributed by atoms with Crippen LogP contribution in [0.4, 0.5) is 17.1 Å². The van der Waals surface area contributed by atoms with Crippen LogP contribution in [0.1, 0.15) is 10.5 Å². The Morgan fingerprint density at radius 1 is 1.29 bits per heavy atom. The SMILES string of the molecule is Nc1c[nH]c(C(=O)Nc2ccccc2N2CCOCC2)c1. The number of carbonyl (C=O) groups is 1. The number of hydrogen-bond donors (Lipinski definition) is 3. The van der Waals surface area contributed by atoms with E-state index in [4.69, 9.17) is 10.5 Å². The molecule has 110 valence electrons. The van der Waals surface area contributed by atoms with Crippen molar-refractivity contribution in [2.45, 2.75) is 0 Å². The van der Waals surface area contributed by atoms with Crippen LogP contribution in [-0.2, 0) is 4.74 Å². The van der Waals surface area contributed by atoms with Crippen LogP contribution >= 0.6 is 0 Å². The molecule has 0 spiro atoms. The zero-order valence-corrected chi connectivity index (χ0v) is 11.6. The van der Waals surface area contributed by atoms with Gasteiger partial charge >= 0.3 is 0 Å². The van der Waals surface area contributed by atoms with E-state index in [0.29, 0.717) is 24.6 Å². The van der Waals surface area contributed by atoms with Crippen molar-refractivity contribution in [3.8, 4) is 0 Å². The van der Waals surface area contributed by atoms with E-state index in [1.165, 1.54) is 0 Å². The number of morpholine rings is 1. The van der Waals surface area contributed by atoms with Crippen LogP contribution in [0.3, 0.4) is 0 Å². The summed E-state index contributed by atoms with van der Waals surface area (Å²) >= 11 is 0. The number of H-pyrrole nitrogens is 1. The van der Waals surface area contributed by atoms with Gasteiger partial charge < -0.3 is 25.7 Å². The van der Waals surface area contributed by atoms with Gasteiger partial charge in [0.25, 0.3) is 5.91 Å². The maximum Gasteiger partial charge on any atom is 0.272 e. The molecule has 0 aliphatic carbocycles. The molecule has 0 bridgehead atoms. The first-order chi connectivity index (χ1) is 10.2. The van der Waals surface area contributed by atoms with Crippen molar-refractivity contribution in [3.63, 3.8) is 0 Å². The standard InChI is InChI=1S/C15H18N4O2/c16-11-9-13(17-10-11)15(20)18-12-3-1-2-4-14(12)19-5-7-21-8-6-19/h1-4,9-10,17H,5-8,16H2,(H,18,20). The minimum Gasteiger partial charge on any atom is -0.397 e. The van der Waals surface area contributed by atoms with Crippen molar-refractivity contribution in [1.29, 1.82) is 0 Å². The molecule has 0 unspecified atom stereocenters. The van der Waals surface area contributed by atoms with Crippen LogP contribution in [0.25, 0.3) is 0 Å². The lowest BCUT2D eigenvalue weighted by atomic mass is 10.2. The first-order valence-corrected chi connectivity index (χ1v) is 6.91. The van der Waals surface area contributed by atoms with Crippen LogP contribution in [-0.4, -0.2) is 37.2 Å². The molecule has 4 N–H and O–H groups in total. The van der Waals surface area contributed by atoms with Crippen molar-refractivity contribution >= 4 is 23.0 Å². The van der Waals surface area contributed by atoms with Gasteiger partial charge in [-0.1, -0.05) is 12.1 Å². The number of carbonyl (C=O) groups excluding carboxylic acids is 1. The molecule has 2 heterocycles. The van der Waals surface area contributed by atoms with Crippen molar-refractivity contribution in [3.05, 3.63) is 42.2 Å². The quantitative estimate of drug-likeness (QED) is 0.801. The van der Waals surface area contributed by atoms with Gasteiger partial charge in [-0.25, -0.2) is 0 Å². The number of aromatic amines is 1. The molecule has 0 atom stereocenters. The first kappa shape index (κ1) is 13.5. The highest BCUT2D eigenvalue weighted by atomic mass is 16.5. The summed E-state index contributed by atoms with van der Waals surface area (Å²) in [5.74, 6) is -0.201. The van der Waals surface area contributed by atoms with E-state index in [9.17, 15) is 4.79 Å². The number of amides is 1. The Bertz CT molecular complexity index is 632. The third-order valence-corrected chi connectivity index (χ3v) is 3.45. The Labute approximate surface area is 122 Å². The Hall–Kier alpha value is -2.47. The summed E-state index contributed by atoms with van der Waals surface area (Å²) in [4.78, 5) is 17.3. The molecule has 0 radical (unpaired) electrons. The third kappa shape index (κ3) is 3.00. The van der Waals surface area contributed by atoms with Gasteiger partial charge in [-0.3, -0.25) is 4.79 Å². The van der Waals surface area contributed by atoms with E-state index in [-0.39, 0.29) is 5.91 Å². The maximum absolute atomic E-state index is 12.2. The van der Waals surface area contributed by atoms with E-state index >= 15 is 0 Å². The van der Waals surface area contributed by atoms with Gasteiger partial charge in [0.05, 0.1) is 24.6 Å². The molecular formula is C15H18N4O2. The molecule has 0 saturated carbocycles. The highest BCUT2D eigenvalue weighted by Crippen LogP contribution is 2.26. The third-order valence-electron chi connectivity index (χ3n) is 3.45. The van der Waals surface area contributed by atoms with Gasteiger partial charge in [-0.05, 0) is 18.2 Å². The number of benzene rings is 1. The maximum atomic E-state index is 12.2. The lowest BCUT2D eigenvalue weighted by Crippen LogP contribution is -2.36. The van der Waals surface area contributed by atoms with Crippen molar-refractivity contribution < 1.29 is 9.53 Å². The van der Waals surface area contributed by atoms with Gasteiger partial charge in [0, 0.05) is 25.0 Å². The minimum atomic E-state index is -0.201. The fraction of sp³-hybridized carbons (Fsp3) is 0.267. The topological polar surface area (TPSA) is 83.4 Å². The normalized spacial score (nSPS) is 15.0. The van der Waals surface area contributed by atoms with Gasteiger partial charge in [0.1, 0.15) is 5.69 Å². The Kier molecular flexibility index (Phi) is 3.79. The van der Waals surface area contributed by atoms with Gasteiger partial charge in [-0.2, -0.15) is 0 Å². The van der Waals surface area contributed by atoms with Gasteiger partial charge in [0.2, 0.25) is 0 Å². The highest BCUT2D eigenvalue weighted by Gasteiger charge is 2.16. The Morgan fingerprint density at radius 3 is 2.76 bits per heavy atom. The van der Waals surface area contributed by atoms with Crippen LogP contribution in [0.15, 0.2) is 36.5 Å². The Morgan fingerprint density at radius 2 is 2.05 bits per heavy atom. The number of hydrogen-bond acceptors (Lipinski definition) is 4. The molecule has 1 amide bonds. The summed E-state index contributed by atoms with van der Waals surface area (Å²) in [5.41, 5.74) is 8.41. The predicted molar refractivity (Wildman–Crippen MR) is 82.6 cm³/mol. The lowest BCUT2D eigenvalue weighted by molar-refractivity contribution is 0.102. The first-order valence-electron chi connectivity index (χ1n) is 6.91. The number of rotatable bonds is 3. The van der Waals surface area contributed by atoms with Gasteiger partial charge in [0.15, 0.2) is 0 Å². The summed E-state index contributed by atoms with van der Waals surface area (Å²) in [7, 11) is 0. The second kappa shape index (κ2) is 5.88. The van der Waals surface area contributed by atoms with Gasteiger partial charge in [-0.15, -0.1) is 0 Å². The van der Waals surface area contributed by atoms with E-state index in [0.717, 1.165) is 24.5 Å². The molecule has 1 aromatic carbocycles. The molecule has 1 aromatic heterocycles. The van der Waals surface area contributed by atoms with E-state index in [1.807, 2.05) is 24.3 Å². The summed E-state index contributed by atoms with van der Waals surface area (Å²) in [5, 5.41) is 2.93. The zero-order chi connectivity index (χ0) is 14.7. The van der Waals surface area contributed by atoms with Crippen molar-refractivity contribution in [2.24, 2.45) is 0 Å². The van der Waals surface area contributed by atoms with E-state index in [2.05, 4.69) is 15.2 Å². The molecule has 1 aliphatic rings. The largest absolute Gasteiger partial charge is 0.397 e. The van der Waals surface area contributed by atoms with Crippen LogP contribution < -0.4 is 16.0 Å². The summed E-state index contributed by atoms with van der Waals surface area (Å²) in [6, 6.07) is 9.39. The van der Waals surface area contributed by atoms with Crippen LogP contribution in [0.2, 0.25) is 0 Å². The van der Waals surface area contributed by atoms with E-state index in [1.54, 1.807) is 12.3 Å². The molecule has 1 fully saturated rings. The average Bonchev–Trinajstić information content (AvgIpc) is 2.95. The fourth-order valence-electron chi connectivity index (χ4n) is 2.39. The second-order valence-electron chi connectivity index (χ2n) is 4.92. The predicted octanol–water partition coefficient (Wildman–Crippen LogP) is 1.69. The molecule has 1 aliphatic heterocycles. The number of aromatic nitrogens is 1. The number of anilines is 3. The molecule has 6 nitrogen and oxygen atoms in total. The number of ether oxygens (including phenoxy) is 1. The van der Waals surface area contributed by atoms with E-state index < -0.39 is 0 Å². The Balaban J connectivity index is 1.80. The fourth-order valence-corrected chi connectivity index (χ4v) is 2.39. The summed E-state index contributed by atoms with van der Waals surface area (Å²) < 4.78 is 5.37. The average molecular weight is 286 g/mol. The number of nitrogen functional groups attached to an aromatic ring is 1.